The second-order valence-corrected chi connectivity index (χ2v) is 14.3. The van der Waals surface area contributed by atoms with Crippen LogP contribution in [0.2, 0.25) is 5.15 Å². The maximum Gasteiger partial charge on any atom is 0.273 e. The van der Waals surface area contributed by atoms with E-state index >= 15 is 0 Å². The van der Waals surface area contributed by atoms with Crippen molar-refractivity contribution in [3.63, 3.8) is 0 Å². The number of hydrogen-bond acceptors (Lipinski definition) is 13. The number of nitrogen functional groups attached to an aromatic ring is 2. The van der Waals surface area contributed by atoms with Gasteiger partial charge in [-0.2, -0.15) is 0 Å². The number of amides is 2. The third kappa shape index (κ3) is 15.3. The highest BCUT2D eigenvalue weighted by Crippen LogP contribution is 2.18. The van der Waals surface area contributed by atoms with Crippen LogP contribution in [0.3, 0.4) is 0 Å². The Labute approximate surface area is 328 Å². The fourth-order valence-corrected chi connectivity index (χ4v) is 6.25. The zero-order valence-corrected chi connectivity index (χ0v) is 32.6. The average Bonchev–Trinajstić information content (AvgIpc) is 3.18. The summed E-state index contributed by atoms with van der Waals surface area (Å²) in [4.78, 5) is 35.9. The van der Waals surface area contributed by atoms with Gasteiger partial charge in [0.2, 0.25) is 0 Å². The van der Waals surface area contributed by atoms with Gasteiger partial charge in [0.05, 0.1) is 12.7 Å². The van der Waals surface area contributed by atoms with Gasteiger partial charge in [0.25, 0.3) is 11.8 Å². The Balaban J connectivity index is 1.54. The van der Waals surface area contributed by atoms with Gasteiger partial charge in [0.15, 0.2) is 22.5 Å². The van der Waals surface area contributed by atoms with Crippen molar-refractivity contribution in [3.05, 3.63) is 81.6 Å². The number of aromatic nitrogens is 2. The van der Waals surface area contributed by atoms with Gasteiger partial charge >= 0.3 is 0 Å². The maximum absolute atomic E-state index is 13.1. The van der Waals surface area contributed by atoms with Crippen LogP contribution in [-0.2, 0) is 12.8 Å². The Bertz CT molecular complexity index is 1640. The highest BCUT2D eigenvalue weighted by atomic mass is 35.5. The fraction of sp³-hybridized carbons (Fsp3) is 0.538. The fourth-order valence-electron chi connectivity index (χ4n) is 6.12. The van der Waals surface area contributed by atoms with Crippen molar-refractivity contribution in [2.75, 3.05) is 63.9 Å². The van der Waals surface area contributed by atoms with E-state index in [4.69, 9.17) is 28.2 Å². The molecule has 0 bridgehead atoms. The van der Waals surface area contributed by atoms with Gasteiger partial charge in [0.1, 0.15) is 18.3 Å². The molecule has 0 unspecified atom stereocenters. The lowest BCUT2D eigenvalue weighted by atomic mass is 9.95. The van der Waals surface area contributed by atoms with Crippen molar-refractivity contribution in [2.24, 2.45) is 5.92 Å². The number of aryl methyl sites for hydroxylation is 1. The number of halogens is 1. The average molecular weight is 787 g/mol. The van der Waals surface area contributed by atoms with Gasteiger partial charge in [0, 0.05) is 31.7 Å². The molecule has 1 aromatic heterocycles. The second kappa shape index (κ2) is 23.9. The Hall–Kier alpha value is -3.93. The van der Waals surface area contributed by atoms with E-state index in [1.807, 2.05) is 35.2 Å². The first-order valence-corrected chi connectivity index (χ1v) is 19.3. The SMILES string of the molecule is CCCCCCN(CCNC(=O)c1cccc(CCNC[C@@H](CNC(=O)c2nc(Cl)c(N)nc2N)Cc2ccccc2C)c1)C[C@H](O)[C@@H](O)[C@H](O)[C@H](O)CO. The zero-order valence-electron chi connectivity index (χ0n) is 31.8. The summed E-state index contributed by atoms with van der Waals surface area (Å²) in [5, 5.41) is 58.9. The highest BCUT2D eigenvalue weighted by Gasteiger charge is 2.31. The minimum atomic E-state index is -1.70. The Morgan fingerprint density at radius 2 is 1.60 bits per heavy atom. The first-order chi connectivity index (χ1) is 26.3. The van der Waals surface area contributed by atoms with E-state index in [0.717, 1.165) is 36.8 Å². The van der Waals surface area contributed by atoms with Crippen LogP contribution in [0.5, 0.6) is 0 Å². The minimum Gasteiger partial charge on any atom is -0.394 e. The van der Waals surface area contributed by atoms with Gasteiger partial charge in [-0.15, -0.1) is 0 Å². The van der Waals surface area contributed by atoms with Crippen LogP contribution in [0.15, 0.2) is 48.5 Å². The lowest BCUT2D eigenvalue weighted by Crippen LogP contribution is -2.50. The predicted molar refractivity (Wildman–Crippen MR) is 214 cm³/mol. The molecule has 0 aliphatic carbocycles. The molecule has 0 fully saturated rings. The van der Waals surface area contributed by atoms with E-state index in [9.17, 15) is 30.0 Å². The number of anilines is 2. The smallest absolute Gasteiger partial charge is 0.273 e. The molecule has 2 amide bonds. The van der Waals surface area contributed by atoms with Crippen LogP contribution in [-0.4, -0.2) is 129 Å². The molecule has 0 saturated carbocycles. The number of unbranched alkanes of at least 4 members (excludes halogenated alkanes) is 3. The Kier molecular flexibility index (Phi) is 19.7. The molecule has 16 heteroatoms. The summed E-state index contributed by atoms with van der Waals surface area (Å²) in [6.07, 6.45) is -0.975. The van der Waals surface area contributed by atoms with Crippen LogP contribution >= 0.6 is 11.6 Å². The first-order valence-electron chi connectivity index (χ1n) is 18.9. The van der Waals surface area contributed by atoms with Gasteiger partial charge in [-0.3, -0.25) is 14.5 Å². The summed E-state index contributed by atoms with van der Waals surface area (Å²) in [5.74, 6) is -0.874. The van der Waals surface area contributed by atoms with Gasteiger partial charge in [-0.05, 0) is 80.6 Å². The van der Waals surface area contributed by atoms with Crippen LogP contribution in [0.1, 0.15) is 70.1 Å². The molecule has 3 aromatic rings. The molecular weight excluding hydrogens is 728 g/mol. The molecule has 0 radical (unpaired) electrons. The molecule has 55 heavy (non-hydrogen) atoms. The topological polar surface area (TPSA) is 252 Å². The van der Waals surface area contributed by atoms with E-state index in [0.29, 0.717) is 51.1 Å². The molecule has 0 spiro atoms. The Morgan fingerprint density at radius 3 is 2.33 bits per heavy atom. The number of carbonyl (C=O) groups excluding carboxylic acids is 2. The molecule has 0 saturated heterocycles. The molecule has 2 aromatic carbocycles. The van der Waals surface area contributed by atoms with Crippen LogP contribution in [0.25, 0.3) is 0 Å². The van der Waals surface area contributed by atoms with Gasteiger partial charge in [-0.1, -0.05) is 74.2 Å². The van der Waals surface area contributed by atoms with Crippen molar-refractivity contribution < 1.29 is 35.1 Å². The van der Waals surface area contributed by atoms with Crippen molar-refractivity contribution in [3.8, 4) is 0 Å². The summed E-state index contributed by atoms with van der Waals surface area (Å²) in [6.45, 7) is 6.27. The van der Waals surface area contributed by atoms with Crippen LogP contribution in [0, 0.1) is 12.8 Å². The molecule has 5 atom stereocenters. The first kappa shape index (κ1) is 45.5. The summed E-state index contributed by atoms with van der Waals surface area (Å²) in [6, 6.07) is 15.5. The monoisotopic (exact) mass is 786 g/mol. The standard InChI is InChI=1S/C39H59ClN8O7/c1-3-4-5-8-17-48(23-30(50)33(52)34(53)31(51)24-49)18-16-44-38(54)29-13-9-11-26(19-29)14-15-43-21-27(20-28-12-7-6-10-25(28)2)22-45-39(55)32-36(41)47-37(42)35(40)46-32/h6-7,9-13,19,27,30-31,33-34,43,49-53H,3-5,8,14-18,20-24H2,1-2H3,(H,44,54)(H,45,55)(H4,41,42,47)/t27-,30-,31+,33+,34+/m0/s1. The predicted octanol–water partition coefficient (Wildman–Crippen LogP) is 1.07. The number of hydrogen-bond donors (Lipinski definition) is 10. The summed E-state index contributed by atoms with van der Waals surface area (Å²) in [5.41, 5.74) is 15.2. The van der Waals surface area contributed by atoms with Crippen molar-refractivity contribution in [1.29, 1.82) is 0 Å². The van der Waals surface area contributed by atoms with E-state index < -0.39 is 36.9 Å². The second-order valence-electron chi connectivity index (χ2n) is 13.9. The number of benzene rings is 2. The molecule has 1 heterocycles. The molecule has 15 nitrogen and oxygen atoms in total. The van der Waals surface area contributed by atoms with Crippen molar-refractivity contribution in [1.82, 2.24) is 30.8 Å². The molecule has 0 aliphatic heterocycles. The van der Waals surface area contributed by atoms with E-state index in [1.54, 1.807) is 6.07 Å². The summed E-state index contributed by atoms with van der Waals surface area (Å²) in [7, 11) is 0. The van der Waals surface area contributed by atoms with Gasteiger partial charge < -0.3 is 53.0 Å². The third-order valence-electron chi connectivity index (χ3n) is 9.47. The minimum absolute atomic E-state index is 0.0137. The van der Waals surface area contributed by atoms with E-state index in [-0.39, 0.29) is 47.4 Å². The molecule has 3 rings (SSSR count). The lowest BCUT2D eigenvalue weighted by molar-refractivity contribution is -0.119. The lowest BCUT2D eigenvalue weighted by Gasteiger charge is -2.30. The maximum atomic E-state index is 13.1. The molecule has 304 valence electrons. The van der Waals surface area contributed by atoms with Crippen LogP contribution < -0.4 is 27.4 Å². The number of nitrogens with two attached hydrogens (primary N) is 2. The number of aliphatic hydroxyl groups excluding tert-OH is 5. The number of carbonyl (C=O) groups is 2. The van der Waals surface area contributed by atoms with Crippen LogP contribution in [0.4, 0.5) is 11.6 Å². The number of nitrogens with zero attached hydrogens (tertiary/aromatic N) is 3. The molecular formula is C39H59ClN8O7. The Morgan fingerprint density at radius 1 is 0.855 bits per heavy atom. The van der Waals surface area contributed by atoms with Crippen molar-refractivity contribution >= 4 is 35.1 Å². The summed E-state index contributed by atoms with van der Waals surface area (Å²) >= 11 is 5.98. The van der Waals surface area contributed by atoms with Gasteiger partial charge in [-0.25, -0.2) is 9.97 Å². The number of rotatable bonds is 25. The van der Waals surface area contributed by atoms with Crippen molar-refractivity contribution in [2.45, 2.75) is 76.8 Å². The summed E-state index contributed by atoms with van der Waals surface area (Å²) < 4.78 is 0. The quantitative estimate of drug-likeness (QED) is 0.0541. The largest absolute Gasteiger partial charge is 0.394 e. The molecule has 12 N–H and O–H groups in total. The van der Waals surface area contributed by atoms with E-state index in [2.05, 4.69) is 51.9 Å². The highest BCUT2D eigenvalue weighted by molar-refractivity contribution is 6.31. The third-order valence-corrected chi connectivity index (χ3v) is 9.74. The molecule has 0 aliphatic rings. The zero-order chi connectivity index (χ0) is 40.3. The normalized spacial score (nSPS) is 14.3. The number of nitrogens with one attached hydrogen (secondary N) is 3. The number of aliphatic hydroxyl groups is 5. The van der Waals surface area contributed by atoms with E-state index in [1.165, 1.54) is 5.56 Å².